The summed E-state index contributed by atoms with van der Waals surface area (Å²) in [6.45, 7) is 0.597. The lowest BCUT2D eigenvalue weighted by Crippen LogP contribution is -2.25. The van der Waals surface area contributed by atoms with Crippen LogP contribution in [0.15, 0.2) is 0 Å². The molecule has 0 atom stereocenters. The van der Waals surface area contributed by atoms with Gasteiger partial charge < -0.3 is 10.1 Å². The minimum Gasteiger partial charge on any atom is -0.436 e. The molecule has 0 saturated carbocycles. The van der Waals surface area contributed by atoms with Gasteiger partial charge in [0.1, 0.15) is 0 Å². The van der Waals surface area contributed by atoms with Crippen molar-refractivity contribution in [2.45, 2.75) is 6.42 Å². The predicted octanol–water partition coefficient (Wildman–Crippen LogP) is 0.666. The summed E-state index contributed by atoms with van der Waals surface area (Å²) in [5.41, 5.74) is 0. The van der Waals surface area contributed by atoms with E-state index in [1.807, 2.05) is 0 Å². The van der Waals surface area contributed by atoms with Crippen molar-refractivity contribution < 1.29 is 9.53 Å². The molecule has 0 fully saturated rings. The summed E-state index contributed by atoms with van der Waals surface area (Å²) < 4.78 is 4.53. The number of carbonyl (C=O) groups is 1. The molecule has 0 rings (SSSR count). The quantitative estimate of drug-likeness (QED) is 0.372. The van der Waals surface area contributed by atoms with Crippen LogP contribution in [0.5, 0.6) is 0 Å². The van der Waals surface area contributed by atoms with E-state index in [0.29, 0.717) is 6.54 Å². The number of hydrogen-bond acceptors (Lipinski definition) is 3. The highest BCUT2D eigenvalue weighted by Crippen LogP contribution is 1.81. The Morgan fingerprint density at radius 2 is 2.45 bits per heavy atom. The van der Waals surface area contributed by atoms with E-state index in [1.165, 1.54) is 0 Å². The maximum Gasteiger partial charge on any atom is 0.408 e. The third-order valence-corrected chi connectivity index (χ3v) is 1.21. The van der Waals surface area contributed by atoms with Crippen molar-refractivity contribution in [1.82, 2.24) is 5.32 Å². The number of amides is 1. The molecule has 0 spiro atoms. The average Bonchev–Trinajstić information content (AvgIpc) is 2.01. The summed E-state index contributed by atoms with van der Waals surface area (Å²) in [7, 11) is 0. The summed E-state index contributed by atoms with van der Waals surface area (Å²) >= 11 is 3.97. The first-order valence-electron chi connectivity index (χ1n) is 3.26. The molecule has 0 saturated heterocycles. The molecule has 11 heavy (non-hydrogen) atoms. The van der Waals surface area contributed by atoms with Gasteiger partial charge in [-0.25, -0.2) is 4.79 Å². The molecule has 0 aliphatic carbocycles. The molecule has 0 aromatic heterocycles. The Hall–Kier alpha value is -0.820. The molecule has 1 N–H and O–H groups in total. The summed E-state index contributed by atoms with van der Waals surface area (Å²) in [6.07, 6.45) is 5.22. The van der Waals surface area contributed by atoms with Gasteiger partial charge in [0.05, 0.1) is 0 Å². The van der Waals surface area contributed by atoms with Crippen molar-refractivity contribution in [1.29, 1.82) is 0 Å². The Morgan fingerprint density at radius 3 is 3.00 bits per heavy atom. The first-order chi connectivity index (χ1) is 5.31. The van der Waals surface area contributed by atoms with Crippen molar-refractivity contribution in [3.63, 3.8) is 0 Å². The van der Waals surface area contributed by atoms with E-state index >= 15 is 0 Å². The number of carbonyl (C=O) groups excluding carboxylic acids is 1. The second-order valence-corrected chi connectivity index (χ2v) is 2.23. The van der Waals surface area contributed by atoms with Crippen molar-refractivity contribution in [3.8, 4) is 12.3 Å². The van der Waals surface area contributed by atoms with E-state index in [0.717, 1.165) is 12.2 Å². The molecular weight excluding hydrogens is 162 g/mol. The molecule has 0 bridgehead atoms. The van der Waals surface area contributed by atoms with E-state index in [4.69, 9.17) is 6.42 Å². The zero-order valence-electron chi connectivity index (χ0n) is 6.17. The fraction of sp³-hybridized carbons (Fsp3) is 0.571. The Labute approximate surface area is 71.9 Å². The van der Waals surface area contributed by atoms with Gasteiger partial charge in [-0.2, -0.15) is 12.6 Å². The van der Waals surface area contributed by atoms with Crippen LogP contribution in [-0.2, 0) is 4.74 Å². The highest BCUT2D eigenvalue weighted by atomic mass is 32.1. The molecule has 0 unspecified atom stereocenters. The van der Waals surface area contributed by atoms with E-state index < -0.39 is 6.09 Å². The number of alkyl carbamates (subject to hydrolysis) is 1. The molecule has 0 aliphatic rings. The number of ether oxygens (including phenoxy) is 1. The largest absolute Gasteiger partial charge is 0.436 e. The van der Waals surface area contributed by atoms with Gasteiger partial charge in [-0.05, 0) is 12.2 Å². The lowest BCUT2D eigenvalue weighted by molar-refractivity contribution is 0.160. The van der Waals surface area contributed by atoms with Crippen LogP contribution >= 0.6 is 12.6 Å². The lowest BCUT2D eigenvalue weighted by Gasteiger charge is -2.02. The zero-order valence-corrected chi connectivity index (χ0v) is 7.06. The SMILES string of the molecule is C#CCOC(=O)NCCCS. The van der Waals surface area contributed by atoms with Crippen molar-refractivity contribution >= 4 is 18.7 Å². The second kappa shape index (κ2) is 7.29. The van der Waals surface area contributed by atoms with E-state index in [1.54, 1.807) is 0 Å². The average molecular weight is 173 g/mol. The third-order valence-electron chi connectivity index (χ3n) is 0.891. The van der Waals surface area contributed by atoms with Crippen LogP contribution in [0, 0.1) is 12.3 Å². The lowest BCUT2D eigenvalue weighted by atomic mass is 10.5. The Bertz CT molecular complexity index is 153. The second-order valence-electron chi connectivity index (χ2n) is 1.78. The summed E-state index contributed by atoms with van der Waals surface area (Å²) in [6, 6.07) is 0. The molecule has 0 radical (unpaired) electrons. The van der Waals surface area contributed by atoms with Crippen LogP contribution in [0.2, 0.25) is 0 Å². The van der Waals surface area contributed by atoms with Crippen molar-refractivity contribution in [3.05, 3.63) is 0 Å². The maximum atomic E-state index is 10.6. The zero-order chi connectivity index (χ0) is 8.53. The number of rotatable bonds is 4. The maximum absolute atomic E-state index is 10.6. The summed E-state index contributed by atoms with van der Waals surface area (Å²) in [4.78, 5) is 10.6. The molecule has 0 aromatic rings. The number of terminal acetylenes is 1. The van der Waals surface area contributed by atoms with E-state index in [2.05, 4.69) is 28.6 Å². The normalized spacial score (nSPS) is 8.36. The van der Waals surface area contributed by atoms with Gasteiger partial charge in [-0.1, -0.05) is 5.92 Å². The highest BCUT2D eigenvalue weighted by molar-refractivity contribution is 7.80. The van der Waals surface area contributed by atoms with Gasteiger partial charge in [0.15, 0.2) is 6.61 Å². The predicted molar refractivity (Wildman–Crippen MR) is 46.7 cm³/mol. The minimum atomic E-state index is -0.468. The summed E-state index contributed by atoms with van der Waals surface area (Å²) in [5.74, 6) is 2.94. The molecule has 0 heterocycles. The van der Waals surface area contributed by atoms with Crippen LogP contribution < -0.4 is 5.32 Å². The van der Waals surface area contributed by atoms with Gasteiger partial charge in [0, 0.05) is 6.54 Å². The summed E-state index contributed by atoms with van der Waals surface area (Å²) in [5, 5.41) is 2.51. The van der Waals surface area contributed by atoms with Crippen LogP contribution in [-0.4, -0.2) is 25.0 Å². The van der Waals surface area contributed by atoms with Crippen LogP contribution in [0.3, 0.4) is 0 Å². The molecule has 3 nitrogen and oxygen atoms in total. The monoisotopic (exact) mass is 173 g/mol. The number of hydrogen-bond donors (Lipinski definition) is 2. The highest BCUT2D eigenvalue weighted by Gasteiger charge is 1.96. The Morgan fingerprint density at radius 1 is 1.73 bits per heavy atom. The van der Waals surface area contributed by atoms with Gasteiger partial charge in [0.2, 0.25) is 0 Å². The van der Waals surface area contributed by atoms with Gasteiger partial charge in [-0.15, -0.1) is 6.42 Å². The van der Waals surface area contributed by atoms with Crippen LogP contribution in [0.1, 0.15) is 6.42 Å². The van der Waals surface area contributed by atoms with Crippen molar-refractivity contribution in [2.75, 3.05) is 18.9 Å². The van der Waals surface area contributed by atoms with Crippen LogP contribution in [0.25, 0.3) is 0 Å². The fourth-order valence-corrected chi connectivity index (χ4v) is 0.586. The van der Waals surface area contributed by atoms with Crippen molar-refractivity contribution in [2.24, 2.45) is 0 Å². The Balaban J connectivity index is 3.17. The van der Waals surface area contributed by atoms with Crippen LogP contribution in [0.4, 0.5) is 4.79 Å². The minimum absolute atomic E-state index is 0.0205. The number of nitrogens with one attached hydrogen (secondary N) is 1. The van der Waals surface area contributed by atoms with Gasteiger partial charge >= 0.3 is 6.09 Å². The van der Waals surface area contributed by atoms with Gasteiger partial charge in [-0.3, -0.25) is 0 Å². The molecule has 4 heteroatoms. The smallest absolute Gasteiger partial charge is 0.408 e. The van der Waals surface area contributed by atoms with Gasteiger partial charge in [0.25, 0.3) is 0 Å². The molecule has 0 aliphatic heterocycles. The molecule has 0 aromatic carbocycles. The Kier molecular flexibility index (Phi) is 6.75. The standard InChI is InChI=1S/C7H11NO2S/c1-2-5-10-7(9)8-4-3-6-11/h1,11H,3-6H2,(H,8,9). The first kappa shape index (κ1) is 10.2. The third kappa shape index (κ3) is 7.07. The molecule has 62 valence electrons. The first-order valence-corrected chi connectivity index (χ1v) is 3.89. The van der Waals surface area contributed by atoms with E-state index in [9.17, 15) is 4.79 Å². The van der Waals surface area contributed by atoms with E-state index in [-0.39, 0.29) is 6.61 Å². The fourth-order valence-electron chi connectivity index (χ4n) is 0.428. The molecular formula is C7H11NO2S. The molecule has 1 amide bonds. The number of thiol groups is 1. The topological polar surface area (TPSA) is 38.3 Å².